The Balaban J connectivity index is 1.71. The SMILES string of the molecule is C=CC(=O)Oc1ccc(C2=NCC(CCCCCCCCC)=CN2)cc1. The number of rotatable bonds is 11. The van der Waals surface area contributed by atoms with Crippen LogP contribution in [0, 0.1) is 0 Å². The van der Waals surface area contributed by atoms with Crippen molar-refractivity contribution in [1.29, 1.82) is 0 Å². The van der Waals surface area contributed by atoms with Crippen molar-refractivity contribution in [3.05, 3.63) is 54.3 Å². The summed E-state index contributed by atoms with van der Waals surface area (Å²) in [5.74, 6) is 0.906. The van der Waals surface area contributed by atoms with Gasteiger partial charge in [-0.15, -0.1) is 0 Å². The van der Waals surface area contributed by atoms with Gasteiger partial charge in [-0.25, -0.2) is 4.79 Å². The highest BCUT2D eigenvalue weighted by molar-refractivity contribution is 6.00. The molecule has 0 aromatic heterocycles. The first-order valence-corrected chi connectivity index (χ1v) is 9.66. The van der Waals surface area contributed by atoms with E-state index < -0.39 is 5.97 Å². The van der Waals surface area contributed by atoms with E-state index in [1.807, 2.05) is 12.1 Å². The number of nitrogens with zero attached hydrogens (tertiary/aromatic N) is 1. The summed E-state index contributed by atoms with van der Waals surface area (Å²) in [6, 6.07) is 7.32. The fourth-order valence-electron chi connectivity index (χ4n) is 2.92. The Bertz CT molecular complexity index is 645. The summed E-state index contributed by atoms with van der Waals surface area (Å²) in [6.07, 6.45) is 13.7. The van der Waals surface area contributed by atoms with Crippen molar-refractivity contribution >= 4 is 11.8 Å². The molecule has 0 aliphatic carbocycles. The van der Waals surface area contributed by atoms with Crippen molar-refractivity contribution in [2.75, 3.05) is 6.54 Å². The molecular weight excluding hydrogens is 324 g/mol. The van der Waals surface area contributed by atoms with Crippen LogP contribution in [0.4, 0.5) is 0 Å². The first kappa shape index (κ1) is 20.0. The fourth-order valence-corrected chi connectivity index (χ4v) is 2.92. The lowest BCUT2D eigenvalue weighted by atomic mass is 10.0. The number of carbonyl (C=O) groups excluding carboxylic acids is 1. The van der Waals surface area contributed by atoms with Gasteiger partial charge in [0.2, 0.25) is 0 Å². The van der Waals surface area contributed by atoms with Crippen LogP contribution >= 0.6 is 0 Å². The summed E-state index contributed by atoms with van der Waals surface area (Å²) in [4.78, 5) is 15.8. The second-order valence-electron chi connectivity index (χ2n) is 6.63. The van der Waals surface area contributed by atoms with Gasteiger partial charge in [0, 0.05) is 17.8 Å². The number of ether oxygens (including phenoxy) is 1. The Kier molecular flexibility index (Phi) is 8.67. The molecule has 1 aromatic rings. The second kappa shape index (κ2) is 11.3. The van der Waals surface area contributed by atoms with Crippen LogP contribution in [-0.4, -0.2) is 18.3 Å². The number of benzene rings is 1. The number of carbonyl (C=O) groups is 1. The molecule has 1 aliphatic rings. The van der Waals surface area contributed by atoms with Gasteiger partial charge in [-0.2, -0.15) is 0 Å². The number of hydrogen-bond donors (Lipinski definition) is 1. The van der Waals surface area contributed by atoms with Gasteiger partial charge in [0.05, 0.1) is 6.54 Å². The average molecular weight is 354 g/mol. The first-order chi connectivity index (χ1) is 12.7. The fraction of sp³-hybridized carbons (Fsp3) is 0.455. The van der Waals surface area contributed by atoms with Crippen molar-refractivity contribution in [1.82, 2.24) is 5.32 Å². The summed E-state index contributed by atoms with van der Waals surface area (Å²) >= 11 is 0. The number of esters is 1. The molecule has 1 aliphatic heterocycles. The molecule has 2 rings (SSSR count). The molecule has 1 aromatic carbocycles. The number of aliphatic imine (C=N–C) groups is 1. The van der Waals surface area contributed by atoms with Gasteiger partial charge < -0.3 is 10.1 Å². The van der Waals surface area contributed by atoms with E-state index in [0.29, 0.717) is 5.75 Å². The smallest absolute Gasteiger partial charge is 0.335 e. The van der Waals surface area contributed by atoms with Gasteiger partial charge in [0.25, 0.3) is 0 Å². The minimum Gasteiger partial charge on any atom is -0.423 e. The molecule has 0 amide bonds. The van der Waals surface area contributed by atoms with Crippen LogP contribution in [0.3, 0.4) is 0 Å². The zero-order chi connectivity index (χ0) is 18.6. The quantitative estimate of drug-likeness (QED) is 0.259. The van der Waals surface area contributed by atoms with Crippen molar-refractivity contribution in [2.45, 2.75) is 58.3 Å². The van der Waals surface area contributed by atoms with Crippen molar-refractivity contribution in [3.8, 4) is 5.75 Å². The molecule has 0 saturated heterocycles. The van der Waals surface area contributed by atoms with Gasteiger partial charge in [-0.3, -0.25) is 4.99 Å². The number of amidine groups is 1. The van der Waals surface area contributed by atoms with E-state index in [1.54, 1.807) is 12.1 Å². The van der Waals surface area contributed by atoms with Gasteiger partial charge in [-0.05, 0) is 42.7 Å². The third-order valence-corrected chi connectivity index (χ3v) is 4.47. The molecule has 4 nitrogen and oxygen atoms in total. The first-order valence-electron chi connectivity index (χ1n) is 9.66. The maximum absolute atomic E-state index is 11.2. The average Bonchev–Trinajstić information content (AvgIpc) is 2.68. The molecule has 1 N–H and O–H groups in total. The van der Waals surface area contributed by atoms with Crippen molar-refractivity contribution in [2.24, 2.45) is 4.99 Å². The van der Waals surface area contributed by atoms with Crippen LogP contribution in [0.25, 0.3) is 0 Å². The molecule has 4 heteroatoms. The predicted molar refractivity (Wildman–Crippen MR) is 108 cm³/mol. The van der Waals surface area contributed by atoms with E-state index in [2.05, 4.69) is 30.0 Å². The van der Waals surface area contributed by atoms with Crippen LogP contribution in [0.15, 0.2) is 53.7 Å². The summed E-state index contributed by atoms with van der Waals surface area (Å²) in [5.41, 5.74) is 2.34. The summed E-state index contributed by atoms with van der Waals surface area (Å²) in [5, 5.41) is 3.29. The van der Waals surface area contributed by atoms with Gasteiger partial charge >= 0.3 is 5.97 Å². The van der Waals surface area contributed by atoms with E-state index in [-0.39, 0.29) is 0 Å². The van der Waals surface area contributed by atoms with Gasteiger partial charge in [-0.1, -0.05) is 52.0 Å². The molecule has 0 saturated carbocycles. The Morgan fingerprint density at radius 2 is 1.85 bits per heavy atom. The van der Waals surface area contributed by atoms with Gasteiger partial charge in [0.1, 0.15) is 11.6 Å². The molecule has 0 radical (unpaired) electrons. The van der Waals surface area contributed by atoms with Crippen LogP contribution in [0.1, 0.15) is 63.9 Å². The predicted octanol–water partition coefficient (Wildman–Crippen LogP) is 5.15. The van der Waals surface area contributed by atoms with Crippen molar-refractivity contribution < 1.29 is 9.53 Å². The third kappa shape index (κ3) is 6.87. The van der Waals surface area contributed by atoms with E-state index in [9.17, 15) is 4.79 Å². The molecule has 0 bridgehead atoms. The Hall–Kier alpha value is -2.36. The zero-order valence-corrected chi connectivity index (χ0v) is 15.8. The minimum atomic E-state index is -0.455. The molecular formula is C22H30N2O2. The van der Waals surface area contributed by atoms with E-state index >= 15 is 0 Å². The highest BCUT2D eigenvalue weighted by Crippen LogP contribution is 2.17. The van der Waals surface area contributed by atoms with E-state index in [1.165, 1.54) is 50.5 Å². The monoisotopic (exact) mass is 354 g/mol. The van der Waals surface area contributed by atoms with Crippen LogP contribution in [-0.2, 0) is 4.79 Å². The molecule has 140 valence electrons. The molecule has 0 spiro atoms. The minimum absolute atomic E-state index is 0.455. The zero-order valence-electron chi connectivity index (χ0n) is 15.8. The van der Waals surface area contributed by atoms with Crippen LogP contribution < -0.4 is 10.1 Å². The van der Waals surface area contributed by atoms with E-state index in [0.717, 1.165) is 30.4 Å². The van der Waals surface area contributed by atoms with Crippen LogP contribution in [0.5, 0.6) is 5.75 Å². The number of hydrogen-bond acceptors (Lipinski definition) is 4. The Morgan fingerprint density at radius 3 is 2.46 bits per heavy atom. The largest absolute Gasteiger partial charge is 0.423 e. The van der Waals surface area contributed by atoms with Gasteiger partial charge in [0.15, 0.2) is 0 Å². The molecule has 0 unspecified atom stereocenters. The Labute approximate surface area is 157 Å². The lowest BCUT2D eigenvalue weighted by Crippen LogP contribution is -2.24. The van der Waals surface area contributed by atoms with Crippen molar-refractivity contribution in [3.63, 3.8) is 0 Å². The normalized spacial score (nSPS) is 13.4. The number of nitrogens with one attached hydrogen (secondary N) is 1. The topological polar surface area (TPSA) is 50.7 Å². The molecule has 26 heavy (non-hydrogen) atoms. The summed E-state index contributed by atoms with van der Waals surface area (Å²) in [6.45, 7) is 6.40. The number of unbranched alkanes of at least 4 members (excludes halogenated alkanes) is 6. The lowest BCUT2D eigenvalue weighted by molar-refractivity contribution is -0.128. The maximum atomic E-state index is 11.2. The second-order valence-corrected chi connectivity index (χ2v) is 6.63. The highest BCUT2D eigenvalue weighted by atomic mass is 16.5. The molecule has 0 atom stereocenters. The molecule has 1 heterocycles. The highest BCUT2D eigenvalue weighted by Gasteiger charge is 2.09. The lowest BCUT2D eigenvalue weighted by Gasteiger charge is -2.15. The Morgan fingerprint density at radius 1 is 1.15 bits per heavy atom. The molecule has 0 fully saturated rings. The third-order valence-electron chi connectivity index (χ3n) is 4.47. The summed E-state index contributed by atoms with van der Waals surface area (Å²) in [7, 11) is 0. The standard InChI is InChI=1S/C22H30N2O2/c1-3-5-6-7-8-9-10-11-18-16-23-22(24-17-18)19-12-14-20(15-13-19)26-21(25)4-2/h4,12-16H,2-3,5-11,17H2,1H3,(H,23,24). The summed E-state index contributed by atoms with van der Waals surface area (Å²) < 4.78 is 5.08. The van der Waals surface area contributed by atoms with Crippen LogP contribution in [0.2, 0.25) is 0 Å². The maximum Gasteiger partial charge on any atom is 0.335 e. The van der Waals surface area contributed by atoms with E-state index in [4.69, 9.17) is 4.74 Å².